The first-order valence-electron chi connectivity index (χ1n) is 5.26. The van der Waals surface area contributed by atoms with Crippen molar-refractivity contribution in [1.29, 1.82) is 0 Å². The van der Waals surface area contributed by atoms with Crippen molar-refractivity contribution in [3.8, 4) is 0 Å². The summed E-state index contributed by atoms with van der Waals surface area (Å²) in [5.41, 5.74) is 0.564. The van der Waals surface area contributed by atoms with Crippen LogP contribution >= 0.6 is 15.9 Å². The maximum atomic E-state index is 3.64. The highest BCUT2D eigenvalue weighted by atomic mass is 79.9. The van der Waals surface area contributed by atoms with Crippen molar-refractivity contribution in [3.63, 3.8) is 0 Å². The van der Waals surface area contributed by atoms with Crippen LogP contribution in [0.15, 0.2) is 0 Å². The van der Waals surface area contributed by atoms with Crippen molar-refractivity contribution in [3.05, 3.63) is 0 Å². The van der Waals surface area contributed by atoms with Gasteiger partial charge in [0.05, 0.1) is 0 Å². The van der Waals surface area contributed by atoms with Gasteiger partial charge < -0.3 is 0 Å². The Labute approximate surface area is 85.3 Å². The summed E-state index contributed by atoms with van der Waals surface area (Å²) in [7, 11) is 0. The number of alkyl halides is 1. The molecule has 1 fully saturated rings. The molecule has 0 nitrogen and oxygen atoms in total. The van der Waals surface area contributed by atoms with Crippen LogP contribution in [0, 0.1) is 11.3 Å². The molecule has 0 N–H and O–H groups in total. The van der Waals surface area contributed by atoms with E-state index in [0.717, 1.165) is 5.92 Å². The van der Waals surface area contributed by atoms with Crippen molar-refractivity contribution in [2.45, 2.75) is 52.4 Å². The van der Waals surface area contributed by atoms with Crippen LogP contribution in [0.5, 0.6) is 0 Å². The van der Waals surface area contributed by atoms with Crippen LogP contribution in [-0.4, -0.2) is 5.33 Å². The number of hydrogen-bond acceptors (Lipinski definition) is 0. The first-order valence-corrected chi connectivity index (χ1v) is 6.38. The van der Waals surface area contributed by atoms with E-state index in [2.05, 4.69) is 29.8 Å². The van der Waals surface area contributed by atoms with E-state index in [0.29, 0.717) is 5.41 Å². The van der Waals surface area contributed by atoms with Crippen molar-refractivity contribution in [2.75, 3.05) is 5.33 Å². The van der Waals surface area contributed by atoms with Gasteiger partial charge in [-0.15, -0.1) is 0 Å². The highest BCUT2D eigenvalue weighted by Gasteiger charge is 2.26. The predicted octanol–water partition coefficient (Wildman–Crippen LogP) is 4.38. The zero-order valence-electron chi connectivity index (χ0n) is 8.41. The molecule has 0 spiro atoms. The van der Waals surface area contributed by atoms with Crippen molar-refractivity contribution < 1.29 is 0 Å². The molecule has 1 heteroatoms. The third-order valence-corrected chi connectivity index (χ3v) is 4.79. The molecule has 1 aliphatic carbocycles. The fourth-order valence-corrected chi connectivity index (χ4v) is 2.83. The second-order valence-corrected chi connectivity index (χ2v) is 5.21. The Balaban J connectivity index is 2.35. The van der Waals surface area contributed by atoms with Gasteiger partial charge in [-0.3, -0.25) is 0 Å². The van der Waals surface area contributed by atoms with Crippen LogP contribution < -0.4 is 0 Å². The summed E-state index contributed by atoms with van der Waals surface area (Å²) in [6.07, 6.45) is 8.69. The molecule has 1 unspecified atom stereocenters. The Kier molecular flexibility index (Phi) is 4.09. The Bertz CT molecular complexity index is 121. The van der Waals surface area contributed by atoms with Crippen molar-refractivity contribution in [2.24, 2.45) is 11.3 Å². The molecule has 0 aromatic rings. The van der Waals surface area contributed by atoms with Gasteiger partial charge in [0.25, 0.3) is 0 Å². The van der Waals surface area contributed by atoms with Gasteiger partial charge in [0.2, 0.25) is 0 Å². The lowest BCUT2D eigenvalue weighted by Gasteiger charge is -2.28. The molecule has 0 aliphatic heterocycles. The highest BCUT2D eigenvalue weighted by molar-refractivity contribution is 9.09. The SMILES string of the molecule is CCC(C)(CBr)CC1CCCC1. The summed E-state index contributed by atoms with van der Waals surface area (Å²) < 4.78 is 0. The van der Waals surface area contributed by atoms with E-state index in [-0.39, 0.29) is 0 Å². The molecular formula is C11H21Br. The van der Waals surface area contributed by atoms with Crippen LogP contribution in [0.3, 0.4) is 0 Å². The van der Waals surface area contributed by atoms with Gasteiger partial charge >= 0.3 is 0 Å². The predicted molar refractivity (Wildman–Crippen MR) is 58.8 cm³/mol. The first kappa shape index (κ1) is 10.6. The normalized spacial score (nSPS) is 24.2. The topological polar surface area (TPSA) is 0 Å². The molecule has 0 amide bonds. The molecule has 1 atom stereocenters. The second kappa shape index (κ2) is 4.64. The van der Waals surface area contributed by atoms with E-state index in [9.17, 15) is 0 Å². The lowest BCUT2D eigenvalue weighted by atomic mass is 9.80. The molecule has 1 saturated carbocycles. The fraction of sp³-hybridized carbons (Fsp3) is 1.00. The summed E-state index contributed by atoms with van der Waals surface area (Å²) >= 11 is 3.64. The first-order chi connectivity index (χ1) is 5.70. The van der Waals surface area contributed by atoms with E-state index in [1.54, 1.807) is 0 Å². The smallest absolute Gasteiger partial charge is 0.00853 e. The average molecular weight is 233 g/mol. The molecule has 0 bridgehead atoms. The van der Waals surface area contributed by atoms with Gasteiger partial charge in [0, 0.05) is 5.33 Å². The van der Waals surface area contributed by atoms with Gasteiger partial charge in [-0.2, -0.15) is 0 Å². The number of rotatable bonds is 4. The van der Waals surface area contributed by atoms with Crippen molar-refractivity contribution >= 4 is 15.9 Å². The molecule has 1 aliphatic rings. The summed E-state index contributed by atoms with van der Waals surface area (Å²) in [5.74, 6) is 1.03. The summed E-state index contributed by atoms with van der Waals surface area (Å²) in [6.45, 7) is 4.73. The van der Waals surface area contributed by atoms with Gasteiger partial charge in [-0.25, -0.2) is 0 Å². The standard InChI is InChI=1S/C11H21Br/c1-3-11(2,9-12)8-10-6-4-5-7-10/h10H,3-9H2,1-2H3. The lowest BCUT2D eigenvalue weighted by molar-refractivity contribution is 0.267. The van der Waals surface area contributed by atoms with E-state index in [4.69, 9.17) is 0 Å². The molecular weight excluding hydrogens is 212 g/mol. The lowest BCUT2D eigenvalue weighted by Crippen LogP contribution is -2.20. The minimum Gasteiger partial charge on any atom is -0.0922 e. The van der Waals surface area contributed by atoms with Crippen LogP contribution in [-0.2, 0) is 0 Å². The van der Waals surface area contributed by atoms with E-state index >= 15 is 0 Å². The van der Waals surface area contributed by atoms with Gasteiger partial charge in [0.15, 0.2) is 0 Å². The van der Waals surface area contributed by atoms with E-state index in [1.807, 2.05) is 0 Å². The van der Waals surface area contributed by atoms with E-state index < -0.39 is 0 Å². The molecule has 1 rings (SSSR count). The van der Waals surface area contributed by atoms with Gasteiger partial charge in [0.1, 0.15) is 0 Å². The fourth-order valence-electron chi connectivity index (χ4n) is 2.20. The zero-order chi connectivity index (χ0) is 9.03. The quantitative estimate of drug-likeness (QED) is 0.632. The summed E-state index contributed by atoms with van der Waals surface area (Å²) in [4.78, 5) is 0. The molecule has 0 aromatic carbocycles. The zero-order valence-corrected chi connectivity index (χ0v) is 9.99. The highest BCUT2D eigenvalue weighted by Crippen LogP contribution is 2.38. The minimum absolute atomic E-state index is 0.564. The molecule has 0 radical (unpaired) electrons. The van der Waals surface area contributed by atoms with Crippen molar-refractivity contribution in [1.82, 2.24) is 0 Å². The number of halogens is 1. The molecule has 12 heavy (non-hydrogen) atoms. The molecule has 0 heterocycles. The maximum Gasteiger partial charge on any atom is 0.00853 e. The van der Waals surface area contributed by atoms with Crippen LogP contribution in [0.25, 0.3) is 0 Å². The van der Waals surface area contributed by atoms with Gasteiger partial charge in [-0.05, 0) is 24.2 Å². The van der Waals surface area contributed by atoms with E-state index in [1.165, 1.54) is 43.9 Å². The second-order valence-electron chi connectivity index (χ2n) is 4.65. The Morgan fingerprint density at radius 1 is 1.33 bits per heavy atom. The molecule has 0 saturated heterocycles. The Morgan fingerprint density at radius 3 is 2.33 bits per heavy atom. The van der Waals surface area contributed by atoms with Crippen LogP contribution in [0.1, 0.15) is 52.4 Å². The Morgan fingerprint density at radius 2 is 1.92 bits per heavy atom. The maximum absolute atomic E-state index is 3.64. The third-order valence-electron chi connectivity index (χ3n) is 3.43. The monoisotopic (exact) mass is 232 g/mol. The summed E-state index contributed by atoms with van der Waals surface area (Å²) in [5, 5.41) is 1.17. The molecule has 0 aromatic heterocycles. The summed E-state index contributed by atoms with van der Waals surface area (Å²) in [6, 6.07) is 0. The van der Waals surface area contributed by atoms with Crippen LogP contribution in [0.2, 0.25) is 0 Å². The minimum atomic E-state index is 0.564. The number of hydrogen-bond donors (Lipinski definition) is 0. The van der Waals surface area contributed by atoms with Gasteiger partial charge in [-0.1, -0.05) is 55.5 Å². The third kappa shape index (κ3) is 2.76. The average Bonchev–Trinajstić information content (AvgIpc) is 2.57. The largest absolute Gasteiger partial charge is 0.0922 e. The molecule has 72 valence electrons. The Hall–Kier alpha value is 0.480. The van der Waals surface area contributed by atoms with Crippen LogP contribution in [0.4, 0.5) is 0 Å².